The second-order valence-electron chi connectivity index (χ2n) is 5.41. The second kappa shape index (κ2) is 5.14. The van der Waals surface area contributed by atoms with Crippen molar-refractivity contribution in [2.24, 2.45) is 0 Å². The SMILES string of the molecule is Cc1cc(N2CCCC2CN(C)C)c(N)cc1F. The highest BCUT2D eigenvalue weighted by Crippen LogP contribution is 2.32. The number of rotatable bonds is 3. The molecule has 0 aromatic heterocycles. The van der Waals surface area contributed by atoms with E-state index in [-0.39, 0.29) is 5.82 Å². The lowest BCUT2D eigenvalue weighted by Gasteiger charge is -2.30. The Morgan fingerprint density at radius 2 is 2.17 bits per heavy atom. The van der Waals surface area contributed by atoms with Crippen molar-refractivity contribution in [2.75, 3.05) is 37.8 Å². The normalized spacial score (nSPS) is 19.8. The standard InChI is InChI=1S/C14H22FN3/c1-10-7-14(13(16)8-12(10)15)18-6-4-5-11(18)9-17(2)3/h7-8,11H,4-6,9,16H2,1-3H3. The van der Waals surface area contributed by atoms with E-state index in [0.717, 1.165) is 18.8 Å². The summed E-state index contributed by atoms with van der Waals surface area (Å²) in [5, 5.41) is 0. The largest absolute Gasteiger partial charge is 0.397 e. The van der Waals surface area contributed by atoms with E-state index in [2.05, 4.69) is 23.9 Å². The highest BCUT2D eigenvalue weighted by Gasteiger charge is 2.26. The number of nitrogen functional groups attached to an aromatic ring is 1. The number of benzene rings is 1. The highest BCUT2D eigenvalue weighted by molar-refractivity contribution is 5.69. The van der Waals surface area contributed by atoms with Gasteiger partial charge in [0.25, 0.3) is 0 Å². The van der Waals surface area contributed by atoms with Gasteiger partial charge in [-0.15, -0.1) is 0 Å². The summed E-state index contributed by atoms with van der Waals surface area (Å²) in [5.74, 6) is -0.223. The zero-order chi connectivity index (χ0) is 13.3. The summed E-state index contributed by atoms with van der Waals surface area (Å²) in [6.07, 6.45) is 2.35. The summed E-state index contributed by atoms with van der Waals surface area (Å²) in [5.41, 5.74) is 8.16. The maximum absolute atomic E-state index is 13.4. The Balaban J connectivity index is 2.27. The molecule has 0 aliphatic carbocycles. The van der Waals surface area contributed by atoms with Crippen LogP contribution in [0.4, 0.5) is 15.8 Å². The molecule has 1 heterocycles. The molecule has 2 N–H and O–H groups in total. The lowest BCUT2D eigenvalue weighted by atomic mass is 10.1. The summed E-state index contributed by atoms with van der Waals surface area (Å²) in [6, 6.07) is 3.79. The quantitative estimate of drug-likeness (QED) is 0.836. The first-order valence-corrected chi connectivity index (χ1v) is 6.46. The topological polar surface area (TPSA) is 32.5 Å². The predicted octanol–water partition coefficient (Wildman–Crippen LogP) is 2.25. The van der Waals surface area contributed by atoms with E-state index in [9.17, 15) is 4.39 Å². The van der Waals surface area contributed by atoms with Gasteiger partial charge in [-0.1, -0.05) is 0 Å². The van der Waals surface area contributed by atoms with Gasteiger partial charge in [0.2, 0.25) is 0 Å². The van der Waals surface area contributed by atoms with Crippen LogP contribution in [0, 0.1) is 12.7 Å². The maximum atomic E-state index is 13.4. The molecule has 1 aromatic carbocycles. The number of hydrogen-bond donors (Lipinski definition) is 1. The fourth-order valence-corrected chi connectivity index (χ4v) is 2.69. The van der Waals surface area contributed by atoms with Crippen LogP contribution in [0.15, 0.2) is 12.1 Å². The number of hydrogen-bond acceptors (Lipinski definition) is 3. The predicted molar refractivity (Wildman–Crippen MR) is 74.5 cm³/mol. The number of anilines is 2. The molecular formula is C14H22FN3. The molecule has 0 saturated carbocycles. The highest BCUT2D eigenvalue weighted by atomic mass is 19.1. The molecule has 1 aliphatic heterocycles. The molecule has 0 spiro atoms. The zero-order valence-electron chi connectivity index (χ0n) is 11.4. The average Bonchev–Trinajstić information content (AvgIpc) is 2.70. The van der Waals surface area contributed by atoms with E-state index in [0.29, 0.717) is 17.3 Å². The molecule has 1 atom stereocenters. The van der Waals surface area contributed by atoms with Crippen LogP contribution in [0.25, 0.3) is 0 Å². The van der Waals surface area contributed by atoms with Crippen molar-refractivity contribution in [3.05, 3.63) is 23.5 Å². The lowest BCUT2D eigenvalue weighted by Crippen LogP contribution is -2.38. The van der Waals surface area contributed by atoms with Gasteiger partial charge in [-0.3, -0.25) is 0 Å². The van der Waals surface area contributed by atoms with Crippen molar-refractivity contribution in [1.29, 1.82) is 0 Å². The molecule has 1 aromatic rings. The van der Waals surface area contributed by atoms with Crippen molar-refractivity contribution >= 4 is 11.4 Å². The zero-order valence-corrected chi connectivity index (χ0v) is 11.4. The van der Waals surface area contributed by atoms with Crippen LogP contribution in [0.3, 0.4) is 0 Å². The molecule has 3 nitrogen and oxygen atoms in total. The fraction of sp³-hybridized carbons (Fsp3) is 0.571. The van der Waals surface area contributed by atoms with Crippen LogP contribution >= 0.6 is 0 Å². The summed E-state index contributed by atoms with van der Waals surface area (Å²) >= 11 is 0. The lowest BCUT2D eigenvalue weighted by molar-refractivity contribution is 0.372. The second-order valence-corrected chi connectivity index (χ2v) is 5.41. The number of nitrogens with zero attached hydrogens (tertiary/aromatic N) is 2. The molecule has 2 rings (SSSR count). The Hall–Kier alpha value is -1.29. The van der Waals surface area contributed by atoms with Gasteiger partial charge in [-0.25, -0.2) is 4.39 Å². The van der Waals surface area contributed by atoms with Gasteiger partial charge < -0.3 is 15.5 Å². The summed E-state index contributed by atoms with van der Waals surface area (Å²) in [6.45, 7) is 3.80. The van der Waals surface area contributed by atoms with Gasteiger partial charge in [0.05, 0.1) is 11.4 Å². The Kier molecular flexibility index (Phi) is 3.76. The molecule has 0 bridgehead atoms. The fourth-order valence-electron chi connectivity index (χ4n) is 2.69. The van der Waals surface area contributed by atoms with Gasteiger partial charge in [-0.05, 0) is 51.6 Å². The smallest absolute Gasteiger partial charge is 0.128 e. The monoisotopic (exact) mass is 251 g/mol. The van der Waals surface area contributed by atoms with Crippen LogP contribution in [0.2, 0.25) is 0 Å². The van der Waals surface area contributed by atoms with E-state index in [4.69, 9.17) is 5.73 Å². The van der Waals surface area contributed by atoms with Crippen LogP contribution < -0.4 is 10.6 Å². The molecule has 0 radical (unpaired) electrons. The summed E-state index contributed by atoms with van der Waals surface area (Å²) in [4.78, 5) is 4.51. The molecular weight excluding hydrogens is 229 g/mol. The van der Waals surface area contributed by atoms with Gasteiger partial charge >= 0.3 is 0 Å². The Bertz CT molecular complexity index is 431. The minimum atomic E-state index is -0.223. The number of nitrogens with two attached hydrogens (primary N) is 1. The van der Waals surface area contributed by atoms with Crippen molar-refractivity contribution < 1.29 is 4.39 Å². The Morgan fingerprint density at radius 3 is 2.83 bits per heavy atom. The summed E-state index contributed by atoms with van der Waals surface area (Å²) in [7, 11) is 4.16. The first-order valence-electron chi connectivity index (χ1n) is 6.46. The average molecular weight is 251 g/mol. The third-order valence-electron chi connectivity index (χ3n) is 3.57. The molecule has 1 aliphatic rings. The van der Waals surface area contributed by atoms with Gasteiger partial charge in [-0.2, -0.15) is 0 Å². The molecule has 100 valence electrons. The minimum Gasteiger partial charge on any atom is -0.397 e. The van der Waals surface area contributed by atoms with Gasteiger partial charge in [0.15, 0.2) is 0 Å². The van der Waals surface area contributed by atoms with E-state index < -0.39 is 0 Å². The molecule has 0 amide bonds. The van der Waals surface area contributed by atoms with E-state index >= 15 is 0 Å². The molecule has 1 fully saturated rings. The van der Waals surface area contributed by atoms with Gasteiger partial charge in [0.1, 0.15) is 5.82 Å². The van der Waals surface area contributed by atoms with Gasteiger partial charge in [0, 0.05) is 19.1 Å². The van der Waals surface area contributed by atoms with Crippen LogP contribution in [0.5, 0.6) is 0 Å². The van der Waals surface area contributed by atoms with Crippen molar-refractivity contribution in [3.63, 3.8) is 0 Å². The maximum Gasteiger partial charge on any atom is 0.128 e. The van der Waals surface area contributed by atoms with Crippen molar-refractivity contribution in [1.82, 2.24) is 4.90 Å². The number of likely N-dealkylation sites (N-methyl/N-ethyl adjacent to an activating group) is 1. The van der Waals surface area contributed by atoms with E-state index in [1.165, 1.54) is 18.9 Å². The van der Waals surface area contributed by atoms with Crippen LogP contribution in [-0.2, 0) is 0 Å². The van der Waals surface area contributed by atoms with E-state index in [1.54, 1.807) is 6.92 Å². The number of halogens is 1. The third-order valence-corrected chi connectivity index (χ3v) is 3.57. The molecule has 1 unspecified atom stereocenters. The third kappa shape index (κ3) is 2.58. The molecule has 18 heavy (non-hydrogen) atoms. The van der Waals surface area contributed by atoms with Crippen molar-refractivity contribution in [2.45, 2.75) is 25.8 Å². The number of aryl methyl sites for hydroxylation is 1. The molecule has 4 heteroatoms. The Morgan fingerprint density at radius 1 is 1.44 bits per heavy atom. The minimum absolute atomic E-state index is 0.223. The molecule has 1 saturated heterocycles. The summed E-state index contributed by atoms with van der Waals surface area (Å²) < 4.78 is 13.4. The first-order chi connectivity index (χ1) is 8.49. The van der Waals surface area contributed by atoms with Crippen LogP contribution in [0.1, 0.15) is 18.4 Å². The van der Waals surface area contributed by atoms with Crippen LogP contribution in [-0.4, -0.2) is 38.1 Å². The Labute approximate surface area is 108 Å². The first kappa shape index (κ1) is 13.1. The van der Waals surface area contributed by atoms with Crippen molar-refractivity contribution in [3.8, 4) is 0 Å². The van der Waals surface area contributed by atoms with E-state index in [1.807, 2.05) is 6.07 Å².